The van der Waals surface area contributed by atoms with E-state index in [9.17, 15) is 22.4 Å². The number of alkyl halides is 3. The summed E-state index contributed by atoms with van der Waals surface area (Å²) in [6.07, 6.45) is 2.58. The van der Waals surface area contributed by atoms with Crippen LogP contribution in [0, 0.1) is 17.2 Å². The number of primary amides is 1. The number of nitrogens with two attached hydrogens (primary N) is 1. The van der Waals surface area contributed by atoms with E-state index in [1.165, 1.54) is 49.8 Å². The molecule has 0 bridgehead atoms. The predicted molar refractivity (Wildman–Crippen MR) is 118 cm³/mol. The highest BCUT2D eigenvalue weighted by atomic mass is 19.4. The normalized spacial score (nSPS) is 15.9. The summed E-state index contributed by atoms with van der Waals surface area (Å²) in [6.45, 7) is 4.75. The number of aliphatic carboxylic acids is 1. The predicted octanol–water partition coefficient (Wildman–Crippen LogP) is 6.37. The summed E-state index contributed by atoms with van der Waals surface area (Å²) in [7, 11) is 0. The molecule has 8 heteroatoms. The molecule has 33 heavy (non-hydrogen) atoms. The zero-order valence-electron chi connectivity index (χ0n) is 18.7. The average Bonchev–Trinajstić information content (AvgIpc) is 2.72. The molecule has 1 saturated carbocycles. The number of aryl methyl sites for hydroxylation is 1. The second-order valence-electron chi connectivity index (χ2n) is 9.24. The van der Waals surface area contributed by atoms with Crippen LogP contribution in [0.2, 0.25) is 0 Å². The van der Waals surface area contributed by atoms with Crippen molar-refractivity contribution in [3.8, 4) is 11.1 Å². The maximum atomic E-state index is 13.7. The van der Waals surface area contributed by atoms with Gasteiger partial charge in [-0.3, -0.25) is 4.79 Å². The van der Waals surface area contributed by atoms with Crippen LogP contribution in [0.4, 0.5) is 17.6 Å². The van der Waals surface area contributed by atoms with Gasteiger partial charge in [0, 0.05) is 5.56 Å². The number of carboxylic acids is 1. The lowest BCUT2D eigenvalue weighted by Gasteiger charge is -2.34. The van der Waals surface area contributed by atoms with Gasteiger partial charge in [-0.15, -0.1) is 0 Å². The van der Waals surface area contributed by atoms with Crippen molar-refractivity contribution in [2.75, 3.05) is 0 Å². The van der Waals surface area contributed by atoms with Crippen molar-refractivity contribution in [1.29, 1.82) is 0 Å². The Bertz CT molecular complexity index is 959. The van der Waals surface area contributed by atoms with Crippen molar-refractivity contribution >= 4 is 11.9 Å². The molecule has 4 nitrogen and oxygen atoms in total. The second-order valence-corrected chi connectivity index (χ2v) is 9.24. The van der Waals surface area contributed by atoms with E-state index in [-0.39, 0.29) is 5.56 Å². The van der Waals surface area contributed by atoms with Crippen LogP contribution >= 0.6 is 0 Å². The minimum Gasteiger partial charge on any atom is -0.475 e. The van der Waals surface area contributed by atoms with Gasteiger partial charge in [-0.05, 0) is 84.7 Å². The average molecular weight is 468 g/mol. The fraction of sp³-hybridized carbons (Fsp3) is 0.440. The lowest BCUT2D eigenvalue weighted by atomic mass is 9.72. The van der Waals surface area contributed by atoms with Gasteiger partial charge in [0.2, 0.25) is 5.91 Å². The molecule has 0 spiro atoms. The third-order valence-corrected chi connectivity index (χ3v) is 6.01. The van der Waals surface area contributed by atoms with Gasteiger partial charge in [0.15, 0.2) is 0 Å². The number of carbonyl (C=O) groups is 2. The van der Waals surface area contributed by atoms with Crippen LogP contribution < -0.4 is 5.73 Å². The molecule has 1 aliphatic carbocycles. The van der Waals surface area contributed by atoms with Gasteiger partial charge in [-0.25, -0.2) is 9.18 Å². The first-order valence-electron chi connectivity index (χ1n) is 10.8. The van der Waals surface area contributed by atoms with E-state index in [2.05, 4.69) is 26.0 Å². The van der Waals surface area contributed by atoms with Crippen molar-refractivity contribution < 1.29 is 32.3 Å². The topological polar surface area (TPSA) is 80.4 Å². The molecule has 1 fully saturated rings. The minimum absolute atomic E-state index is 0.198. The number of rotatable bonds is 5. The quantitative estimate of drug-likeness (QED) is 0.501. The Morgan fingerprint density at radius 1 is 1.03 bits per heavy atom. The minimum atomic E-state index is -5.08. The summed E-state index contributed by atoms with van der Waals surface area (Å²) >= 11 is 0. The molecule has 1 amide bonds. The molecule has 0 aliphatic heterocycles. The summed E-state index contributed by atoms with van der Waals surface area (Å²) in [6, 6.07) is 12.5. The highest BCUT2D eigenvalue weighted by Crippen LogP contribution is 2.39. The van der Waals surface area contributed by atoms with E-state index < -0.39 is 23.9 Å². The standard InChI is InChI=1S/C23H28FNO.C2HF3O2/c1-23(2)11-9-17(10-12-23)4-3-16-5-7-18(8-6-16)19-13-20(22(25)26)15-21(24)14-19;3-2(4,5)1(6)7/h5-8,13-15,17H,3-4,9-12H2,1-2H3,(H2,25,26);(H,6,7). The summed E-state index contributed by atoms with van der Waals surface area (Å²) in [4.78, 5) is 20.2. The van der Waals surface area contributed by atoms with Crippen LogP contribution in [0.15, 0.2) is 42.5 Å². The molecule has 0 heterocycles. The Morgan fingerprint density at radius 2 is 1.58 bits per heavy atom. The zero-order valence-corrected chi connectivity index (χ0v) is 18.7. The number of hydrogen-bond donors (Lipinski definition) is 2. The number of carboxylic acid groups (broad SMARTS) is 1. The molecule has 0 radical (unpaired) electrons. The van der Waals surface area contributed by atoms with E-state index in [4.69, 9.17) is 15.6 Å². The Kier molecular flexibility index (Phi) is 8.63. The molecule has 2 aromatic carbocycles. The van der Waals surface area contributed by atoms with Gasteiger partial charge < -0.3 is 10.8 Å². The molecule has 0 aromatic heterocycles. The van der Waals surface area contributed by atoms with E-state index in [1.807, 2.05) is 12.1 Å². The number of carbonyl (C=O) groups excluding carboxylic acids is 1. The molecule has 0 saturated heterocycles. The van der Waals surface area contributed by atoms with Gasteiger partial charge in [-0.1, -0.05) is 38.1 Å². The van der Waals surface area contributed by atoms with Crippen LogP contribution in [0.25, 0.3) is 11.1 Å². The van der Waals surface area contributed by atoms with Crippen LogP contribution in [-0.4, -0.2) is 23.2 Å². The smallest absolute Gasteiger partial charge is 0.475 e. The summed E-state index contributed by atoms with van der Waals surface area (Å²) in [5.74, 6) is -2.98. The number of halogens is 4. The third kappa shape index (κ3) is 8.51. The highest BCUT2D eigenvalue weighted by Gasteiger charge is 2.38. The van der Waals surface area contributed by atoms with Gasteiger partial charge in [0.25, 0.3) is 0 Å². The third-order valence-electron chi connectivity index (χ3n) is 6.01. The van der Waals surface area contributed by atoms with Gasteiger partial charge in [0.1, 0.15) is 5.82 Å². The summed E-state index contributed by atoms with van der Waals surface area (Å²) in [5.41, 5.74) is 8.88. The number of hydrogen-bond acceptors (Lipinski definition) is 2. The van der Waals surface area contributed by atoms with Crippen LogP contribution in [0.5, 0.6) is 0 Å². The van der Waals surface area contributed by atoms with Crippen LogP contribution in [-0.2, 0) is 11.2 Å². The van der Waals surface area contributed by atoms with Gasteiger partial charge in [0.05, 0.1) is 0 Å². The van der Waals surface area contributed by atoms with Crippen LogP contribution in [0.1, 0.15) is 61.9 Å². The second kappa shape index (κ2) is 10.8. The molecule has 3 rings (SSSR count). The van der Waals surface area contributed by atoms with Gasteiger partial charge >= 0.3 is 12.1 Å². The van der Waals surface area contributed by atoms with E-state index in [0.29, 0.717) is 11.0 Å². The van der Waals surface area contributed by atoms with E-state index in [1.54, 1.807) is 6.07 Å². The fourth-order valence-corrected chi connectivity index (χ4v) is 3.88. The van der Waals surface area contributed by atoms with Crippen LogP contribution in [0.3, 0.4) is 0 Å². The Balaban J connectivity index is 0.000000479. The number of amides is 1. The Labute approximate surface area is 190 Å². The lowest BCUT2D eigenvalue weighted by Crippen LogP contribution is -2.21. The largest absolute Gasteiger partial charge is 0.490 e. The monoisotopic (exact) mass is 467 g/mol. The Hall–Kier alpha value is -2.90. The molecule has 3 N–H and O–H groups in total. The zero-order chi connectivity index (χ0) is 24.8. The molecule has 2 aromatic rings. The molecule has 180 valence electrons. The molecule has 1 aliphatic rings. The van der Waals surface area contributed by atoms with Crippen molar-refractivity contribution in [3.05, 3.63) is 59.4 Å². The van der Waals surface area contributed by atoms with E-state index in [0.717, 1.165) is 17.9 Å². The summed E-state index contributed by atoms with van der Waals surface area (Å²) in [5, 5.41) is 7.12. The maximum absolute atomic E-state index is 13.7. The SMILES string of the molecule is CC1(C)CCC(CCc2ccc(-c3cc(F)cc(C(N)=O)c3)cc2)CC1.O=C(O)C(F)(F)F. The van der Waals surface area contributed by atoms with Crippen molar-refractivity contribution in [2.45, 2.75) is 58.5 Å². The first-order chi connectivity index (χ1) is 15.3. The van der Waals surface area contributed by atoms with E-state index >= 15 is 0 Å². The summed E-state index contributed by atoms with van der Waals surface area (Å²) < 4.78 is 45.5. The van der Waals surface area contributed by atoms with Crippen molar-refractivity contribution in [2.24, 2.45) is 17.1 Å². The molecule has 0 unspecified atom stereocenters. The van der Waals surface area contributed by atoms with Crippen molar-refractivity contribution in [1.82, 2.24) is 0 Å². The molecular weight excluding hydrogens is 438 g/mol. The Morgan fingerprint density at radius 3 is 2.06 bits per heavy atom. The number of benzene rings is 2. The van der Waals surface area contributed by atoms with Gasteiger partial charge in [-0.2, -0.15) is 13.2 Å². The highest BCUT2D eigenvalue weighted by molar-refractivity contribution is 5.94. The fourth-order valence-electron chi connectivity index (χ4n) is 3.88. The molecule has 0 atom stereocenters. The first-order valence-corrected chi connectivity index (χ1v) is 10.8. The maximum Gasteiger partial charge on any atom is 0.490 e. The lowest BCUT2D eigenvalue weighted by molar-refractivity contribution is -0.192. The first kappa shape index (κ1) is 26.4. The van der Waals surface area contributed by atoms with Crippen molar-refractivity contribution in [3.63, 3.8) is 0 Å². The molecular formula is C25H29F4NO3.